The molecular weight excluding hydrogens is 603 g/mol. The molecule has 0 spiro atoms. The SMILES string of the molecule is CC(C)(Br)C(=O)OCCOC(=O)c1ccc([S+](c2ccccc2)c2ccc(I)cc2)cc1. The van der Waals surface area contributed by atoms with Crippen LogP contribution in [0.5, 0.6) is 0 Å². The zero-order valence-electron chi connectivity index (χ0n) is 17.7. The van der Waals surface area contributed by atoms with Gasteiger partial charge in [0.05, 0.1) is 16.5 Å². The molecule has 0 N–H and O–H groups in total. The highest BCUT2D eigenvalue weighted by Crippen LogP contribution is 2.31. The van der Waals surface area contributed by atoms with Gasteiger partial charge in [-0.25, -0.2) is 4.79 Å². The average molecular weight is 626 g/mol. The van der Waals surface area contributed by atoms with E-state index in [0.29, 0.717) is 5.56 Å². The van der Waals surface area contributed by atoms with Crippen molar-refractivity contribution in [1.82, 2.24) is 0 Å². The van der Waals surface area contributed by atoms with Crippen LogP contribution in [0.1, 0.15) is 24.2 Å². The Labute approximate surface area is 213 Å². The molecular formula is C25H23BrIO4S+. The maximum absolute atomic E-state index is 12.4. The van der Waals surface area contributed by atoms with Gasteiger partial charge in [-0.05, 0) is 97.1 Å². The number of hydrogen-bond donors (Lipinski definition) is 0. The number of halogens is 2. The van der Waals surface area contributed by atoms with Crippen LogP contribution in [0.2, 0.25) is 0 Å². The van der Waals surface area contributed by atoms with Crippen LogP contribution in [0.4, 0.5) is 0 Å². The van der Waals surface area contributed by atoms with Crippen molar-refractivity contribution in [3.05, 3.63) is 88.0 Å². The van der Waals surface area contributed by atoms with E-state index in [1.807, 2.05) is 30.3 Å². The predicted molar refractivity (Wildman–Crippen MR) is 138 cm³/mol. The van der Waals surface area contributed by atoms with Gasteiger partial charge in [0.1, 0.15) is 17.5 Å². The van der Waals surface area contributed by atoms with Crippen molar-refractivity contribution in [3.8, 4) is 0 Å². The van der Waals surface area contributed by atoms with E-state index in [2.05, 4.69) is 74.9 Å². The molecule has 0 aliphatic rings. The van der Waals surface area contributed by atoms with E-state index in [0.717, 1.165) is 4.90 Å². The van der Waals surface area contributed by atoms with Crippen LogP contribution < -0.4 is 0 Å². The van der Waals surface area contributed by atoms with Crippen LogP contribution in [-0.2, 0) is 25.2 Å². The zero-order valence-corrected chi connectivity index (χ0v) is 22.3. The zero-order chi connectivity index (χ0) is 23.1. The second kappa shape index (κ2) is 11.3. The van der Waals surface area contributed by atoms with Gasteiger partial charge in [-0.3, -0.25) is 4.79 Å². The molecule has 1 unspecified atom stereocenters. The van der Waals surface area contributed by atoms with E-state index in [9.17, 15) is 9.59 Å². The van der Waals surface area contributed by atoms with Crippen LogP contribution in [-0.4, -0.2) is 29.5 Å². The second-order valence-electron chi connectivity index (χ2n) is 7.34. The van der Waals surface area contributed by atoms with Crippen molar-refractivity contribution in [2.24, 2.45) is 0 Å². The third kappa shape index (κ3) is 6.83. The molecule has 4 nitrogen and oxygen atoms in total. The highest BCUT2D eigenvalue weighted by atomic mass is 127. The number of hydrogen-bond acceptors (Lipinski definition) is 4. The molecule has 3 aromatic rings. The molecule has 0 saturated heterocycles. The molecule has 3 rings (SSSR count). The summed E-state index contributed by atoms with van der Waals surface area (Å²) in [4.78, 5) is 27.6. The van der Waals surface area contributed by atoms with Crippen LogP contribution >= 0.6 is 38.5 Å². The van der Waals surface area contributed by atoms with Crippen LogP contribution in [0.25, 0.3) is 0 Å². The van der Waals surface area contributed by atoms with Gasteiger partial charge in [0.15, 0.2) is 14.7 Å². The fraction of sp³-hybridized carbons (Fsp3) is 0.200. The Hall–Kier alpha value is -1.84. The molecule has 3 aromatic carbocycles. The predicted octanol–water partition coefficient (Wildman–Crippen LogP) is 6.26. The van der Waals surface area contributed by atoms with Gasteiger partial charge in [0.2, 0.25) is 0 Å². The first kappa shape index (κ1) is 24.8. The van der Waals surface area contributed by atoms with Crippen LogP contribution in [0.15, 0.2) is 93.5 Å². The molecule has 0 fully saturated rings. The summed E-state index contributed by atoms with van der Waals surface area (Å²) >= 11 is 5.54. The fourth-order valence-corrected chi connectivity index (χ4v) is 5.32. The first-order valence-corrected chi connectivity index (χ1v) is 13.0. The Balaban J connectivity index is 1.70. The van der Waals surface area contributed by atoms with Crippen LogP contribution in [0, 0.1) is 3.57 Å². The number of carbonyl (C=O) groups is 2. The molecule has 0 bridgehead atoms. The maximum Gasteiger partial charge on any atom is 0.338 e. The topological polar surface area (TPSA) is 52.6 Å². The van der Waals surface area contributed by atoms with Crippen molar-refractivity contribution in [2.45, 2.75) is 32.9 Å². The van der Waals surface area contributed by atoms with E-state index in [1.165, 1.54) is 13.4 Å². The van der Waals surface area contributed by atoms with Crippen molar-refractivity contribution >= 4 is 61.4 Å². The quantitative estimate of drug-likeness (QED) is 0.0975. The first-order chi connectivity index (χ1) is 15.3. The Morgan fingerprint density at radius 3 is 1.88 bits per heavy atom. The van der Waals surface area contributed by atoms with Gasteiger partial charge < -0.3 is 9.47 Å². The summed E-state index contributed by atoms with van der Waals surface area (Å²) in [6.07, 6.45) is 0. The molecule has 1 atom stereocenters. The minimum absolute atomic E-state index is 0.00639. The smallest absolute Gasteiger partial charge is 0.338 e. The number of benzene rings is 3. The summed E-state index contributed by atoms with van der Waals surface area (Å²) in [6, 6.07) is 26.3. The number of esters is 2. The van der Waals surface area contributed by atoms with Gasteiger partial charge >= 0.3 is 11.9 Å². The minimum Gasteiger partial charge on any atom is -0.461 e. The Morgan fingerprint density at radius 2 is 1.31 bits per heavy atom. The van der Waals surface area contributed by atoms with E-state index in [4.69, 9.17) is 9.47 Å². The summed E-state index contributed by atoms with van der Waals surface area (Å²) in [7, 11) is -0.282. The molecule has 0 radical (unpaired) electrons. The number of ether oxygens (including phenoxy) is 2. The number of alkyl halides is 1. The van der Waals surface area contributed by atoms with Crippen molar-refractivity contribution < 1.29 is 19.1 Å². The molecule has 32 heavy (non-hydrogen) atoms. The average Bonchev–Trinajstić information content (AvgIpc) is 2.78. The van der Waals surface area contributed by atoms with E-state index >= 15 is 0 Å². The standard InChI is InChI=1S/C25H23BrIO4S/c1-25(2,26)24(29)31-17-16-30-23(28)18-8-12-21(13-9-18)32(20-6-4-3-5-7-20)22-14-10-19(27)11-15-22/h3-15H,16-17H2,1-2H3/q+1. The number of carbonyl (C=O) groups excluding carboxylic acids is 2. The number of rotatable bonds is 8. The third-order valence-electron chi connectivity index (χ3n) is 4.39. The molecule has 0 aliphatic carbocycles. The molecule has 0 saturated carbocycles. The van der Waals surface area contributed by atoms with Crippen molar-refractivity contribution in [2.75, 3.05) is 13.2 Å². The molecule has 0 aromatic heterocycles. The van der Waals surface area contributed by atoms with E-state index in [1.54, 1.807) is 26.0 Å². The fourth-order valence-electron chi connectivity index (χ4n) is 2.79. The lowest BCUT2D eigenvalue weighted by atomic mass is 10.2. The summed E-state index contributed by atoms with van der Waals surface area (Å²) < 4.78 is 10.8. The Kier molecular flexibility index (Phi) is 8.79. The minimum atomic E-state index is -0.764. The van der Waals surface area contributed by atoms with Gasteiger partial charge in [-0.1, -0.05) is 34.1 Å². The van der Waals surface area contributed by atoms with E-state index in [-0.39, 0.29) is 24.1 Å². The molecule has 0 aliphatic heterocycles. The normalized spacial score (nSPS) is 12.1. The summed E-state index contributed by atoms with van der Waals surface area (Å²) in [5.74, 6) is -0.846. The highest BCUT2D eigenvalue weighted by Gasteiger charge is 2.29. The summed E-state index contributed by atoms with van der Waals surface area (Å²) in [5.41, 5.74) is 0.458. The molecule has 7 heteroatoms. The lowest BCUT2D eigenvalue weighted by molar-refractivity contribution is -0.146. The summed E-state index contributed by atoms with van der Waals surface area (Å²) in [5, 5.41) is 0. The van der Waals surface area contributed by atoms with Gasteiger partial charge in [-0.15, -0.1) is 0 Å². The Morgan fingerprint density at radius 1 is 0.812 bits per heavy atom. The molecule has 0 amide bonds. The lowest BCUT2D eigenvalue weighted by Gasteiger charge is -2.14. The third-order valence-corrected chi connectivity index (χ3v) is 7.66. The first-order valence-electron chi connectivity index (χ1n) is 9.94. The van der Waals surface area contributed by atoms with E-state index < -0.39 is 16.3 Å². The monoisotopic (exact) mass is 625 g/mol. The largest absolute Gasteiger partial charge is 0.461 e. The van der Waals surface area contributed by atoms with Crippen LogP contribution in [0.3, 0.4) is 0 Å². The van der Waals surface area contributed by atoms with Gasteiger partial charge in [0.25, 0.3) is 0 Å². The highest BCUT2D eigenvalue weighted by molar-refractivity contribution is 14.1. The van der Waals surface area contributed by atoms with Crippen molar-refractivity contribution in [1.29, 1.82) is 0 Å². The lowest BCUT2D eigenvalue weighted by Crippen LogP contribution is -2.28. The summed E-state index contributed by atoms with van der Waals surface area (Å²) in [6.45, 7) is 3.42. The Bertz CT molecular complexity index is 1050. The van der Waals surface area contributed by atoms with Crippen molar-refractivity contribution in [3.63, 3.8) is 0 Å². The van der Waals surface area contributed by atoms with Gasteiger partial charge in [-0.2, -0.15) is 0 Å². The maximum atomic E-state index is 12.4. The van der Waals surface area contributed by atoms with Gasteiger partial charge in [0, 0.05) is 3.57 Å². The second-order valence-corrected chi connectivity index (χ2v) is 12.6. The molecule has 166 valence electrons. The molecule has 0 heterocycles.